The van der Waals surface area contributed by atoms with E-state index in [1.807, 2.05) is 6.07 Å². The largest absolute Gasteiger partial charge is 0.480 e. The summed E-state index contributed by atoms with van der Waals surface area (Å²) in [6.45, 7) is 1.01. The third-order valence-corrected chi connectivity index (χ3v) is 5.08. The van der Waals surface area contributed by atoms with E-state index in [-0.39, 0.29) is 12.6 Å². The molecule has 0 unspecified atom stereocenters. The molecular formula is C17H23N7O2. The first-order valence-corrected chi connectivity index (χ1v) is 8.93. The summed E-state index contributed by atoms with van der Waals surface area (Å²) in [6.07, 6.45) is 9.14. The van der Waals surface area contributed by atoms with Crippen LogP contribution in [0.2, 0.25) is 0 Å². The van der Waals surface area contributed by atoms with Crippen LogP contribution in [0.5, 0.6) is 0 Å². The minimum absolute atomic E-state index is 0.118. The predicted octanol–water partition coefficient (Wildman–Crippen LogP) is 0.984. The van der Waals surface area contributed by atoms with E-state index in [0.717, 1.165) is 19.4 Å². The lowest BCUT2D eigenvalue weighted by molar-refractivity contribution is -0.139. The van der Waals surface area contributed by atoms with Gasteiger partial charge in [-0.2, -0.15) is 5.10 Å². The standard InChI is InChI=1S/C17H23N7O2/c18-15-16(19-10-20-17(15)24-5-1-4-21-24)22-12-6-13(7-12)23(9-14(25)26)8-11-2-3-11/h1,4-5,10-13H,2-3,6-9,18H2,(H,25,26)(H,19,20,22). The number of nitrogen functional groups attached to an aromatic ring is 1. The van der Waals surface area contributed by atoms with Gasteiger partial charge in [0.1, 0.15) is 12.0 Å². The highest BCUT2D eigenvalue weighted by Gasteiger charge is 2.37. The van der Waals surface area contributed by atoms with Crippen LogP contribution in [-0.2, 0) is 4.79 Å². The van der Waals surface area contributed by atoms with Crippen LogP contribution >= 0.6 is 0 Å². The van der Waals surface area contributed by atoms with Crippen LogP contribution in [0.3, 0.4) is 0 Å². The molecule has 4 rings (SSSR count). The van der Waals surface area contributed by atoms with E-state index in [2.05, 4.69) is 25.3 Å². The topological polar surface area (TPSA) is 122 Å². The van der Waals surface area contributed by atoms with Crippen molar-refractivity contribution in [1.82, 2.24) is 24.6 Å². The monoisotopic (exact) mass is 357 g/mol. The van der Waals surface area contributed by atoms with Crippen LogP contribution in [0.15, 0.2) is 24.8 Å². The SMILES string of the molecule is Nc1c(NC2CC(N(CC(=O)O)CC3CC3)C2)ncnc1-n1cccn1. The van der Waals surface area contributed by atoms with Gasteiger partial charge in [-0.05, 0) is 37.7 Å². The lowest BCUT2D eigenvalue weighted by Gasteiger charge is -2.43. The van der Waals surface area contributed by atoms with Gasteiger partial charge in [-0.3, -0.25) is 9.69 Å². The van der Waals surface area contributed by atoms with Gasteiger partial charge >= 0.3 is 5.97 Å². The Labute approximate surface area is 151 Å². The van der Waals surface area contributed by atoms with E-state index in [4.69, 9.17) is 10.8 Å². The molecule has 0 aliphatic heterocycles. The number of hydrogen-bond donors (Lipinski definition) is 3. The molecule has 0 aromatic carbocycles. The van der Waals surface area contributed by atoms with Crippen molar-refractivity contribution < 1.29 is 9.90 Å². The normalized spacial score (nSPS) is 22.2. The number of carbonyl (C=O) groups is 1. The molecule has 0 radical (unpaired) electrons. The first kappa shape index (κ1) is 16.8. The van der Waals surface area contributed by atoms with Gasteiger partial charge in [-0.15, -0.1) is 0 Å². The predicted molar refractivity (Wildman–Crippen MR) is 95.9 cm³/mol. The number of carboxylic acids is 1. The van der Waals surface area contributed by atoms with Gasteiger partial charge < -0.3 is 16.2 Å². The van der Waals surface area contributed by atoms with Gasteiger partial charge in [0.15, 0.2) is 11.6 Å². The second-order valence-electron chi connectivity index (χ2n) is 7.14. The average Bonchev–Trinajstić information content (AvgIpc) is 3.21. The number of carboxylic acid groups (broad SMARTS) is 1. The summed E-state index contributed by atoms with van der Waals surface area (Å²) in [5.74, 6) is 1.06. The number of hydrogen-bond acceptors (Lipinski definition) is 7. The highest BCUT2D eigenvalue weighted by Crippen LogP contribution is 2.35. The molecule has 2 aromatic rings. The van der Waals surface area contributed by atoms with Gasteiger partial charge in [0.2, 0.25) is 0 Å². The van der Waals surface area contributed by atoms with E-state index >= 15 is 0 Å². The average molecular weight is 357 g/mol. The van der Waals surface area contributed by atoms with E-state index in [1.165, 1.54) is 19.2 Å². The van der Waals surface area contributed by atoms with E-state index in [0.29, 0.717) is 29.3 Å². The second kappa shape index (κ2) is 6.91. The summed E-state index contributed by atoms with van der Waals surface area (Å²) in [7, 11) is 0. The Morgan fingerprint density at radius 2 is 2.19 bits per heavy atom. The molecule has 26 heavy (non-hydrogen) atoms. The molecule has 0 amide bonds. The quantitative estimate of drug-likeness (QED) is 0.639. The highest BCUT2D eigenvalue weighted by atomic mass is 16.4. The molecular weight excluding hydrogens is 334 g/mol. The zero-order valence-corrected chi connectivity index (χ0v) is 14.5. The molecule has 2 aliphatic carbocycles. The number of anilines is 2. The van der Waals surface area contributed by atoms with E-state index in [9.17, 15) is 4.79 Å². The third-order valence-electron chi connectivity index (χ3n) is 5.08. The molecule has 9 nitrogen and oxygen atoms in total. The van der Waals surface area contributed by atoms with E-state index < -0.39 is 5.97 Å². The van der Waals surface area contributed by atoms with Crippen molar-refractivity contribution in [2.24, 2.45) is 5.92 Å². The van der Waals surface area contributed by atoms with Crippen LogP contribution in [0.25, 0.3) is 5.82 Å². The third kappa shape index (κ3) is 3.62. The Hall–Kier alpha value is -2.68. The van der Waals surface area contributed by atoms with Gasteiger partial charge in [0.25, 0.3) is 0 Å². The summed E-state index contributed by atoms with van der Waals surface area (Å²) in [4.78, 5) is 21.7. The molecule has 0 atom stereocenters. The van der Waals surface area contributed by atoms with Crippen LogP contribution in [-0.4, -0.2) is 60.9 Å². The van der Waals surface area contributed by atoms with Crippen LogP contribution in [0, 0.1) is 5.92 Å². The molecule has 2 aromatic heterocycles. The molecule has 0 saturated heterocycles. The highest BCUT2D eigenvalue weighted by molar-refractivity contribution is 5.70. The van der Waals surface area contributed by atoms with Gasteiger partial charge in [0, 0.05) is 31.0 Å². The number of aliphatic carboxylic acids is 1. The van der Waals surface area contributed by atoms with Gasteiger partial charge in [0.05, 0.1) is 6.54 Å². The fourth-order valence-electron chi connectivity index (χ4n) is 3.42. The first-order chi connectivity index (χ1) is 12.6. The molecule has 138 valence electrons. The Bertz CT molecular complexity index is 769. The zero-order chi connectivity index (χ0) is 18.1. The summed E-state index contributed by atoms with van der Waals surface area (Å²) >= 11 is 0. The maximum absolute atomic E-state index is 11.1. The minimum atomic E-state index is -0.758. The molecule has 2 aliphatic rings. The molecule has 2 saturated carbocycles. The number of aromatic nitrogens is 4. The second-order valence-corrected chi connectivity index (χ2v) is 7.14. The van der Waals surface area contributed by atoms with Gasteiger partial charge in [-0.25, -0.2) is 14.6 Å². The minimum Gasteiger partial charge on any atom is -0.480 e. The van der Waals surface area contributed by atoms with E-state index in [1.54, 1.807) is 17.1 Å². The van der Waals surface area contributed by atoms with Crippen LogP contribution in [0.4, 0.5) is 11.5 Å². The maximum Gasteiger partial charge on any atom is 0.317 e. The van der Waals surface area contributed by atoms with Gasteiger partial charge in [-0.1, -0.05) is 0 Å². The first-order valence-electron chi connectivity index (χ1n) is 8.93. The number of rotatable bonds is 8. The lowest BCUT2D eigenvalue weighted by atomic mass is 9.85. The Kier molecular flexibility index (Phi) is 4.46. The molecule has 0 bridgehead atoms. The van der Waals surface area contributed by atoms with Crippen molar-refractivity contribution in [2.75, 3.05) is 24.1 Å². The van der Waals surface area contributed by atoms with Crippen molar-refractivity contribution in [3.63, 3.8) is 0 Å². The number of nitrogens with two attached hydrogens (primary N) is 1. The Balaban J connectivity index is 1.37. The number of nitrogens with one attached hydrogen (secondary N) is 1. The molecule has 2 fully saturated rings. The number of nitrogens with zero attached hydrogens (tertiary/aromatic N) is 5. The van der Waals surface area contributed by atoms with Crippen LogP contribution in [0.1, 0.15) is 25.7 Å². The van der Waals surface area contributed by atoms with Crippen molar-refractivity contribution in [1.29, 1.82) is 0 Å². The van der Waals surface area contributed by atoms with Crippen molar-refractivity contribution in [3.05, 3.63) is 24.8 Å². The van der Waals surface area contributed by atoms with Crippen molar-refractivity contribution in [3.8, 4) is 5.82 Å². The molecule has 2 heterocycles. The molecule has 0 spiro atoms. The van der Waals surface area contributed by atoms with Crippen LogP contribution < -0.4 is 11.1 Å². The summed E-state index contributed by atoms with van der Waals surface area (Å²) < 4.78 is 1.61. The molecule has 4 N–H and O–H groups in total. The van der Waals surface area contributed by atoms with Crippen molar-refractivity contribution in [2.45, 2.75) is 37.8 Å². The fourth-order valence-corrected chi connectivity index (χ4v) is 3.42. The van der Waals surface area contributed by atoms with Crippen molar-refractivity contribution >= 4 is 17.5 Å². The molecule has 9 heteroatoms. The smallest absolute Gasteiger partial charge is 0.317 e. The zero-order valence-electron chi connectivity index (χ0n) is 14.5. The Morgan fingerprint density at radius 1 is 1.38 bits per heavy atom. The summed E-state index contributed by atoms with van der Waals surface area (Å²) in [6, 6.07) is 2.35. The Morgan fingerprint density at radius 3 is 2.85 bits per heavy atom. The summed E-state index contributed by atoms with van der Waals surface area (Å²) in [5, 5.41) is 16.7. The fraction of sp³-hybridized carbons (Fsp3) is 0.529. The summed E-state index contributed by atoms with van der Waals surface area (Å²) in [5.41, 5.74) is 6.66. The maximum atomic E-state index is 11.1. The lowest BCUT2D eigenvalue weighted by Crippen LogP contribution is -2.52.